The van der Waals surface area contributed by atoms with Crippen molar-refractivity contribution in [1.82, 2.24) is 10.2 Å². The smallest absolute Gasteiger partial charge is 0.242 e. The summed E-state index contributed by atoms with van der Waals surface area (Å²) in [5.74, 6) is -2.12. The standard InChI is InChI=1S/C15H17F2N3O2/c16-11-6-10-2-1-4-19(13(10)7-12(11)17)9-15(22)20-5-3-18-14(21)8-20/h6-7H,1-5,8-9H2,(H,18,21). The van der Waals surface area contributed by atoms with Crippen LogP contribution in [0.2, 0.25) is 0 Å². The highest BCUT2D eigenvalue weighted by molar-refractivity contribution is 5.88. The van der Waals surface area contributed by atoms with Gasteiger partial charge >= 0.3 is 0 Å². The van der Waals surface area contributed by atoms with Crippen LogP contribution in [0.25, 0.3) is 0 Å². The zero-order chi connectivity index (χ0) is 15.7. The van der Waals surface area contributed by atoms with Crippen molar-refractivity contribution in [2.24, 2.45) is 0 Å². The van der Waals surface area contributed by atoms with Gasteiger partial charge in [-0.1, -0.05) is 0 Å². The van der Waals surface area contributed by atoms with E-state index in [9.17, 15) is 18.4 Å². The van der Waals surface area contributed by atoms with Gasteiger partial charge in [0.15, 0.2) is 11.6 Å². The van der Waals surface area contributed by atoms with Crippen LogP contribution in [-0.2, 0) is 16.0 Å². The minimum Gasteiger partial charge on any atom is -0.362 e. The lowest BCUT2D eigenvalue weighted by atomic mass is 10.0. The highest BCUT2D eigenvalue weighted by atomic mass is 19.2. The van der Waals surface area contributed by atoms with Crippen LogP contribution in [0.5, 0.6) is 0 Å². The van der Waals surface area contributed by atoms with Crippen molar-refractivity contribution in [3.8, 4) is 0 Å². The Morgan fingerprint density at radius 3 is 2.77 bits per heavy atom. The van der Waals surface area contributed by atoms with E-state index < -0.39 is 11.6 Å². The van der Waals surface area contributed by atoms with Crippen LogP contribution in [0, 0.1) is 11.6 Å². The van der Waals surface area contributed by atoms with Crippen LogP contribution in [0.3, 0.4) is 0 Å². The topological polar surface area (TPSA) is 52.7 Å². The quantitative estimate of drug-likeness (QED) is 0.874. The van der Waals surface area contributed by atoms with Crippen LogP contribution < -0.4 is 10.2 Å². The van der Waals surface area contributed by atoms with Gasteiger partial charge < -0.3 is 15.1 Å². The number of carbonyl (C=O) groups excluding carboxylic acids is 2. The molecule has 1 fully saturated rings. The maximum atomic E-state index is 13.5. The summed E-state index contributed by atoms with van der Waals surface area (Å²) in [5.41, 5.74) is 1.29. The van der Waals surface area contributed by atoms with E-state index in [1.807, 2.05) is 0 Å². The van der Waals surface area contributed by atoms with Gasteiger partial charge in [-0.25, -0.2) is 8.78 Å². The number of fused-ring (bicyclic) bond motifs is 1. The number of nitrogens with one attached hydrogen (secondary N) is 1. The number of halogens is 2. The third-order valence-corrected chi connectivity index (χ3v) is 4.05. The molecule has 1 aromatic carbocycles. The molecular weight excluding hydrogens is 292 g/mol. The summed E-state index contributed by atoms with van der Waals surface area (Å²) in [5, 5.41) is 2.66. The molecule has 2 amide bonds. The first kappa shape index (κ1) is 14.7. The fraction of sp³-hybridized carbons (Fsp3) is 0.467. The van der Waals surface area contributed by atoms with Gasteiger partial charge in [0.1, 0.15) is 0 Å². The fourth-order valence-electron chi connectivity index (χ4n) is 2.93. The Labute approximate surface area is 126 Å². The molecule has 7 heteroatoms. The predicted octanol–water partition coefficient (Wildman–Crippen LogP) is 0.676. The predicted molar refractivity (Wildman–Crippen MR) is 76.5 cm³/mol. The number of hydrogen-bond donors (Lipinski definition) is 1. The van der Waals surface area contributed by atoms with Gasteiger partial charge in [-0.15, -0.1) is 0 Å². The molecule has 0 aliphatic carbocycles. The van der Waals surface area contributed by atoms with E-state index in [4.69, 9.17) is 0 Å². The van der Waals surface area contributed by atoms with Crippen LogP contribution in [0.1, 0.15) is 12.0 Å². The molecule has 118 valence electrons. The lowest BCUT2D eigenvalue weighted by molar-refractivity contribution is -0.137. The highest BCUT2D eigenvalue weighted by Gasteiger charge is 2.26. The number of nitrogens with zero attached hydrogens (tertiary/aromatic N) is 2. The van der Waals surface area contributed by atoms with Crippen molar-refractivity contribution < 1.29 is 18.4 Å². The van der Waals surface area contributed by atoms with Crippen LogP contribution in [0.4, 0.5) is 14.5 Å². The van der Waals surface area contributed by atoms with Crippen LogP contribution in [0.15, 0.2) is 12.1 Å². The van der Waals surface area contributed by atoms with Gasteiger partial charge in [0.05, 0.1) is 13.1 Å². The first-order valence-electron chi connectivity index (χ1n) is 7.32. The van der Waals surface area contributed by atoms with Crippen molar-refractivity contribution >= 4 is 17.5 Å². The van der Waals surface area contributed by atoms with E-state index in [0.29, 0.717) is 37.3 Å². The lowest BCUT2D eigenvalue weighted by Gasteiger charge is -2.34. The maximum Gasteiger partial charge on any atom is 0.242 e. The summed E-state index contributed by atoms with van der Waals surface area (Å²) in [6.45, 7) is 1.66. The maximum absolute atomic E-state index is 13.5. The summed E-state index contributed by atoms with van der Waals surface area (Å²) in [7, 11) is 0. The Bertz CT molecular complexity index is 621. The number of amides is 2. The molecule has 0 atom stereocenters. The molecule has 0 spiro atoms. The molecule has 2 aliphatic heterocycles. The Morgan fingerprint density at radius 2 is 2.00 bits per heavy atom. The molecule has 2 heterocycles. The molecule has 22 heavy (non-hydrogen) atoms. The van der Waals surface area contributed by atoms with Gasteiger partial charge in [0, 0.05) is 31.4 Å². The molecule has 5 nitrogen and oxygen atoms in total. The number of hydrogen-bond acceptors (Lipinski definition) is 3. The number of carbonyl (C=O) groups is 2. The molecule has 0 radical (unpaired) electrons. The second kappa shape index (κ2) is 5.90. The molecular formula is C15H17F2N3O2. The van der Waals surface area contributed by atoms with E-state index in [1.165, 1.54) is 11.0 Å². The van der Waals surface area contributed by atoms with Crippen molar-refractivity contribution in [1.29, 1.82) is 0 Å². The van der Waals surface area contributed by atoms with Gasteiger partial charge in [-0.2, -0.15) is 0 Å². The first-order valence-corrected chi connectivity index (χ1v) is 7.32. The third-order valence-electron chi connectivity index (χ3n) is 4.05. The van der Waals surface area contributed by atoms with Gasteiger partial charge in [0.25, 0.3) is 0 Å². The highest BCUT2D eigenvalue weighted by Crippen LogP contribution is 2.29. The van der Waals surface area contributed by atoms with Crippen molar-refractivity contribution in [2.45, 2.75) is 12.8 Å². The molecule has 2 aliphatic rings. The second-order valence-electron chi connectivity index (χ2n) is 5.59. The van der Waals surface area contributed by atoms with Crippen LogP contribution in [-0.4, -0.2) is 49.4 Å². The molecule has 3 rings (SSSR count). The van der Waals surface area contributed by atoms with Crippen molar-refractivity contribution in [3.05, 3.63) is 29.3 Å². The Kier molecular flexibility index (Phi) is 3.96. The van der Waals surface area contributed by atoms with Crippen molar-refractivity contribution in [2.75, 3.05) is 37.6 Å². The molecule has 1 N–H and O–H groups in total. The summed E-state index contributed by atoms with van der Waals surface area (Å²) in [4.78, 5) is 26.9. The Hall–Kier alpha value is -2.18. The minimum absolute atomic E-state index is 0.0529. The Balaban J connectivity index is 1.75. The fourth-order valence-corrected chi connectivity index (χ4v) is 2.93. The van der Waals surface area contributed by atoms with Gasteiger partial charge in [-0.3, -0.25) is 9.59 Å². The van der Waals surface area contributed by atoms with E-state index in [2.05, 4.69) is 5.32 Å². The SMILES string of the molecule is O=C1CN(C(=O)CN2CCCc3cc(F)c(F)cc32)CCN1. The summed E-state index contributed by atoms with van der Waals surface area (Å²) in [6.07, 6.45) is 1.45. The van der Waals surface area contributed by atoms with E-state index in [1.54, 1.807) is 4.90 Å². The Morgan fingerprint density at radius 1 is 1.23 bits per heavy atom. The number of rotatable bonds is 2. The molecule has 1 aromatic rings. The van der Waals surface area contributed by atoms with Gasteiger partial charge in [-0.05, 0) is 24.5 Å². The van der Waals surface area contributed by atoms with Crippen molar-refractivity contribution in [3.63, 3.8) is 0 Å². The van der Waals surface area contributed by atoms with Gasteiger partial charge in [0.2, 0.25) is 11.8 Å². The average Bonchev–Trinajstić information content (AvgIpc) is 2.49. The molecule has 0 aromatic heterocycles. The van der Waals surface area contributed by atoms with E-state index in [-0.39, 0.29) is 24.9 Å². The third kappa shape index (κ3) is 2.88. The average molecular weight is 309 g/mol. The molecule has 0 bridgehead atoms. The normalized spacial score (nSPS) is 18.0. The zero-order valence-corrected chi connectivity index (χ0v) is 12.1. The summed E-state index contributed by atoms with van der Waals surface area (Å²) < 4.78 is 26.8. The second-order valence-corrected chi connectivity index (χ2v) is 5.59. The zero-order valence-electron chi connectivity index (χ0n) is 12.1. The first-order chi connectivity index (χ1) is 10.5. The lowest BCUT2D eigenvalue weighted by Crippen LogP contribution is -2.52. The van der Waals surface area contributed by atoms with E-state index >= 15 is 0 Å². The summed E-state index contributed by atoms with van der Waals surface area (Å²) in [6, 6.07) is 2.36. The largest absolute Gasteiger partial charge is 0.362 e. The molecule has 1 saturated heterocycles. The van der Waals surface area contributed by atoms with E-state index in [0.717, 1.165) is 12.5 Å². The molecule has 0 saturated carbocycles. The number of aryl methyl sites for hydroxylation is 1. The monoisotopic (exact) mass is 309 g/mol. The van der Waals surface area contributed by atoms with Crippen LogP contribution >= 0.6 is 0 Å². The minimum atomic E-state index is -0.907. The molecule has 0 unspecified atom stereocenters. The number of benzene rings is 1. The number of anilines is 1. The number of piperazine rings is 1. The summed E-state index contributed by atoms with van der Waals surface area (Å²) >= 11 is 0.